The zero-order chi connectivity index (χ0) is 14.8. The van der Waals surface area contributed by atoms with Crippen LogP contribution in [0.1, 0.15) is 16.7 Å². The minimum Gasteiger partial charge on any atom is -0.493 e. The van der Waals surface area contributed by atoms with E-state index in [2.05, 4.69) is 0 Å². The molecule has 3 heteroatoms. The maximum Gasteiger partial charge on any atom is 0.144 e. The highest BCUT2D eigenvalue weighted by molar-refractivity contribution is 5.84. The first-order chi connectivity index (χ1) is 10.1. The summed E-state index contributed by atoms with van der Waals surface area (Å²) in [5, 5.41) is 0. The monoisotopic (exact) mass is 284 g/mol. The molecule has 0 spiro atoms. The minimum atomic E-state index is -0.298. The first-order valence-corrected chi connectivity index (χ1v) is 7.12. The van der Waals surface area contributed by atoms with E-state index in [1.165, 1.54) is 12.1 Å². The van der Waals surface area contributed by atoms with E-state index in [9.17, 15) is 9.18 Å². The summed E-state index contributed by atoms with van der Waals surface area (Å²) in [6.07, 6.45) is 0.961. The number of hydrogen-bond acceptors (Lipinski definition) is 2. The van der Waals surface area contributed by atoms with Crippen LogP contribution in [0.2, 0.25) is 0 Å². The Labute approximate surface area is 123 Å². The van der Waals surface area contributed by atoms with Crippen molar-refractivity contribution in [2.75, 3.05) is 6.61 Å². The van der Waals surface area contributed by atoms with Gasteiger partial charge in [-0.25, -0.2) is 4.39 Å². The molecule has 2 aromatic rings. The van der Waals surface area contributed by atoms with Crippen LogP contribution < -0.4 is 4.74 Å². The molecule has 21 heavy (non-hydrogen) atoms. The topological polar surface area (TPSA) is 26.3 Å². The molecule has 1 heterocycles. The van der Waals surface area contributed by atoms with Crippen molar-refractivity contribution in [2.45, 2.75) is 19.8 Å². The van der Waals surface area contributed by atoms with E-state index in [0.717, 1.165) is 22.4 Å². The van der Waals surface area contributed by atoms with Crippen molar-refractivity contribution >= 4 is 5.78 Å². The molecule has 0 amide bonds. The summed E-state index contributed by atoms with van der Waals surface area (Å²) in [4.78, 5) is 12.4. The van der Waals surface area contributed by atoms with Crippen molar-refractivity contribution in [3.63, 3.8) is 0 Å². The van der Waals surface area contributed by atoms with Gasteiger partial charge in [-0.2, -0.15) is 0 Å². The van der Waals surface area contributed by atoms with E-state index in [1.54, 1.807) is 6.07 Å². The summed E-state index contributed by atoms with van der Waals surface area (Å²) in [7, 11) is 0. The number of carbonyl (C=O) groups is 1. The SMILES string of the molecule is Cc1ccc(F)cc1CC(=O)C1COc2ccccc2C1. The van der Waals surface area contributed by atoms with Gasteiger partial charge in [-0.1, -0.05) is 24.3 Å². The lowest BCUT2D eigenvalue weighted by atomic mass is 9.89. The Morgan fingerprint density at radius 3 is 2.95 bits per heavy atom. The smallest absolute Gasteiger partial charge is 0.144 e. The van der Waals surface area contributed by atoms with E-state index >= 15 is 0 Å². The number of Topliss-reactive ketones (excluding diaryl/α,β-unsaturated/α-hetero) is 1. The van der Waals surface area contributed by atoms with Crippen LogP contribution in [0.3, 0.4) is 0 Å². The number of ketones is 1. The van der Waals surface area contributed by atoms with Gasteiger partial charge in [0.05, 0.1) is 12.5 Å². The highest BCUT2D eigenvalue weighted by Crippen LogP contribution is 2.28. The predicted octanol–water partition coefficient (Wildman–Crippen LogP) is 3.50. The van der Waals surface area contributed by atoms with Gasteiger partial charge in [0.1, 0.15) is 17.3 Å². The molecule has 0 bridgehead atoms. The third kappa shape index (κ3) is 2.97. The number of hydrogen-bond donors (Lipinski definition) is 0. The molecule has 1 unspecified atom stereocenters. The van der Waals surface area contributed by atoms with Crippen LogP contribution in [0.4, 0.5) is 4.39 Å². The van der Waals surface area contributed by atoms with Crippen LogP contribution >= 0.6 is 0 Å². The molecule has 108 valence electrons. The summed E-state index contributed by atoms with van der Waals surface area (Å²) >= 11 is 0. The Morgan fingerprint density at radius 1 is 1.29 bits per heavy atom. The van der Waals surface area contributed by atoms with Gasteiger partial charge in [-0.15, -0.1) is 0 Å². The maximum atomic E-state index is 13.3. The van der Waals surface area contributed by atoms with Crippen LogP contribution in [0.15, 0.2) is 42.5 Å². The summed E-state index contributed by atoms with van der Waals surface area (Å²) in [6.45, 7) is 2.30. The molecular weight excluding hydrogens is 267 g/mol. The Morgan fingerprint density at radius 2 is 2.10 bits per heavy atom. The number of para-hydroxylation sites is 1. The third-order valence-electron chi connectivity index (χ3n) is 4.01. The fourth-order valence-corrected chi connectivity index (χ4v) is 2.70. The summed E-state index contributed by atoms with van der Waals surface area (Å²) in [5.74, 6) is 0.526. The first-order valence-electron chi connectivity index (χ1n) is 7.12. The zero-order valence-electron chi connectivity index (χ0n) is 11.9. The molecule has 0 N–H and O–H groups in total. The molecule has 2 nitrogen and oxygen atoms in total. The normalized spacial score (nSPS) is 17.0. The number of halogens is 1. The second kappa shape index (κ2) is 5.68. The van der Waals surface area contributed by atoms with Gasteiger partial charge in [0.15, 0.2) is 0 Å². The summed E-state index contributed by atoms with van der Waals surface area (Å²) in [5.41, 5.74) is 2.78. The van der Waals surface area contributed by atoms with Gasteiger partial charge in [-0.3, -0.25) is 4.79 Å². The Hall–Kier alpha value is -2.16. The van der Waals surface area contributed by atoms with Crippen LogP contribution in [0.5, 0.6) is 5.75 Å². The highest BCUT2D eigenvalue weighted by Gasteiger charge is 2.25. The Bertz CT molecular complexity index is 679. The van der Waals surface area contributed by atoms with Crippen molar-refractivity contribution in [1.29, 1.82) is 0 Å². The van der Waals surface area contributed by atoms with E-state index in [0.29, 0.717) is 13.0 Å². The van der Waals surface area contributed by atoms with Gasteiger partial charge in [-0.05, 0) is 48.2 Å². The third-order valence-corrected chi connectivity index (χ3v) is 4.01. The predicted molar refractivity (Wildman–Crippen MR) is 79.0 cm³/mol. The summed E-state index contributed by atoms with van der Waals surface area (Å²) < 4.78 is 19.0. The minimum absolute atomic E-state index is 0.109. The second-order valence-corrected chi connectivity index (χ2v) is 5.53. The van der Waals surface area contributed by atoms with Gasteiger partial charge in [0, 0.05) is 6.42 Å². The van der Waals surface area contributed by atoms with E-state index in [4.69, 9.17) is 4.74 Å². The second-order valence-electron chi connectivity index (χ2n) is 5.53. The highest BCUT2D eigenvalue weighted by atomic mass is 19.1. The molecule has 0 aliphatic carbocycles. The largest absolute Gasteiger partial charge is 0.493 e. The lowest BCUT2D eigenvalue weighted by Crippen LogP contribution is -2.29. The summed E-state index contributed by atoms with van der Waals surface area (Å²) in [6, 6.07) is 12.4. The lowest BCUT2D eigenvalue weighted by Gasteiger charge is -2.24. The molecule has 0 aromatic heterocycles. The van der Waals surface area contributed by atoms with Gasteiger partial charge >= 0.3 is 0 Å². The number of rotatable bonds is 3. The number of carbonyl (C=O) groups excluding carboxylic acids is 1. The fraction of sp³-hybridized carbons (Fsp3) is 0.278. The average Bonchev–Trinajstić information content (AvgIpc) is 2.50. The van der Waals surface area contributed by atoms with Gasteiger partial charge in [0.2, 0.25) is 0 Å². The quantitative estimate of drug-likeness (QED) is 0.862. The Kier molecular flexibility index (Phi) is 3.74. The number of ether oxygens (including phenoxy) is 1. The molecule has 2 aromatic carbocycles. The standard InChI is InChI=1S/C18H17FO2/c1-12-6-7-16(19)9-14(12)10-17(20)15-8-13-4-2-3-5-18(13)21-11-15/h2-7,9,15H,8,10-11H2,1H3. The number of fused-ring (bicyclic) bond motifs is 1. The van der Waals surface area contributed by atoms with Gasteiger partial charge in [0.25, 0.3) is 0 Å². The first kappa shape index (κ1) is 13.8. The number of aryl methyl sites for hydroxylation is 1. The molecule has 1 aliphatic rings. The van der Waals surface area contributed by atoms with E-state index < -0.39 is 0 Å². The zero-order valence-corrected chi connectivity index (χ0v) is 11.9. The van der Waals surface area contributed by atoms with Crippen LogP contribution in [0, 0.1) is 18.7 Å². The van der Waals surface area contributed by atoms with E-state index in [1.807, 2.05) is 31.2 Å². The molecular formula is C18H17FO2. The van der Waals surface area contributed by atoms with Crippen molar-refractivity contribution in [2.24, 2.45) is 5.92 Å². The van der Waals surface area contributed by atoms with E-state index in [-0.39, 0.29) is 23.9 Å². The molecule has 1 aliphatic heterocycles. The molecule has 3 rings (SSSR count). The van der Waals surface area contributed by atoms with Crippen molar-refractivity contribution < 1.29 is 13.9 Å². The van der Waals surface area contributed by atoms with Crippen molar-refractivity contribution in [3.8, 4) is 5.75 Å². The van der Waals surface area contributed by atoms with Crippen molar-refractivity contribution in [1.82, 2.24) is 0 Å². The maximum absolute atomic E-state index is 13.3. The Balaban J connectivity index is 1.74. The average molecular weight is 284 g/mol. The lowest BCUT2D eigenvalue weighted by molar-refractivity contribution is -0.123. The fourth-order valence-electron chi connectivity index (χ4n) is 2.70. The van der Waals surface area contributed by atoms with Crippen LogP contribution in [0.25, 0.3) is 0 Å². The molecule has 0 saturated heterocycles. The molecule has 0 saturated carbocycles. The number of benzene rings is 2. The molecule has 1 atom stereocenters. The van der Waals surface area contributed by atoms with Crippen LogP contribution in [-0.2, 0) is 17.6 Å². The molecule has 0 radical (unpaired) electrons. The van der Waals surface area contributed by atoms with Gasteiger partial charge < -0.3 is 4.74 Å². The molecule has 0 fully saturated rings. The van der Waals surface area contributed by atoms with Crippen molar-refractivity contribution in [3.05, 3.63) is 65.0 Å². The van der Waals surface area contributed by atoms with Crippen LogP contribution in [-0.4, -0.2) is 12.4 Å².